The highest BCUT2D eigenvalue weighted by Gasteiger charge is 2.19. The first-order chi connectivity index (χ1) is 12.6. The molecule has 0 radical (unpaired) electrons. The lowest BCUT2D eigenvalue weighted by atomic mass is 9.87. The number of rotatable bonds is 7. The van der Waals surface area contributed by atoms with Crippen LogP contribution < -0.4 is 24.8 Å². The van der Waals surface area contributed by atoms with Crippen LogP contribution in [0.1, 0.15) is 38.2 Å². The number of guanidine groups is 1. The largest absolute Gasteiger partial charge is 0.496 e. The number of nitrogens with one attached hydrogen (secondary N) is 2. The van der Waals surface area contributed by atoms with E-state index < -0.39 is 0 Å². The molecule has 0 saturated heterocycles. The molecular weight excluding hydrogens is 457 g/mol. The van der Waals surface area contributed by atoms with Crippen LogP contribution in [-0.2, 0) is 6.42 Å². The Morgan fingerprint density at radius 3 is 2.30 bits per heavy atom. The van der Waals surface area contributed by atoms with Crippen molar-refractivity contribution in [2.45, 2.75) is 45.1 Å². The zero-order chi connectivity index (χ0) is 18.9. The van der Waals surface area contributed by atoms with Gasteiger partial charge in [0.2, 0.25) is 0 Å². The molecule has 1 fully saturated rings. The number of nitrogens with zero attached hydrogens (tertiary/aromatic N) is 1. The average molecular weight is 491 g/mol. The van der Waals surface area contributed by atoms with Crippen molar-refractivity contribution in [3.8, 4) is 17.2 Å². The number of aliphatic imine (C=N–C) groups is 1. The molecule has 0 aromatic heterocycles. The van der Waals surface area contributed by atoms with Gasteiger partial charge >= 0.3 is 0 Å². The van der Waals surface area contributed by atoms with Gasteiger partial charge in [0.1, 0.15) is 17.2 Å². The van der Waals surface area contributed by atoms with Crippen molar-refractivity contribution in [2.75, 3.05) is 34.9 Å². The molecule has 7 heteroatoms. The predicted molar refractivity (Wildman–Crippen MR) is 121 cm³/mol. The third-order valence-electron chi connectivity index (χ3n) is 4.99. The topological polar surface area (TPSA) is 64.1 Å². The molecule has 1 aliphatic carbocycles. The summed E-state index contributed by atoms with van der Waals surface area (Å²) in [6.45, 7) is 3.06. The molecule has 2 atom stereocenters. The summed E-state index contributed by atoms with van der Waals surface area (Å²) in [7, 11) is 6.78. The van der Waals surface area contributed by atoms with Crippen LogP contribution in [0, 0.1) is 5.92 Å². The Kier molecular flexibility index (Phi) is 10.6. The molecule has 0 aliphatic heterocycles. The van der Waals surface area contributed by atoms with Gasteiger partial charge in [-0.1, -0.05) is 19.8 Å². The van der Waals surface area contributed by atoms with Crippen LogP contribution in [-0.4, -0.2) is 46.9 Å². The van der Waals surface area contributed by atoms with E-state index in [1.165, 1.54) is 25.7 Å². The van der Waals surface area contributed by atoms with Crippen LogP contribution in [0.3, 0.4) is 0 Å². The van der Waals surface area contributed by atoms with Crippen molar-refractivity contribution in [2.24, 2.45) is 10.9 Å². The van der Waals surface area contributed by atoms with Gasteiger partial charge in [-0.05, 0) is 25.2 Å². The second-order valence-corrected chi connectivity index (χ2v) is 6.87. The quantitative estimate of drug-likeness (QED) is 0.347. The summed E-state index contributed by atoms with van der Waals surface area (Å²) in [5, 5.41) is 6.96. The first kappa shape index (κ1) is 23.7. The van der Waals surface area contributed by atoms with Crippen LogP contribution in [0.25, 0.3) is 0 Å². The first-order valence-corrected chi connectivity index (χ1v) is 9.37. The van der Waals surface area contributed by atoms with Crippen molar-refractivity contribution in [1.82, 2.24) is 10.6 Å². The highest BCUT2D eigenvalue weighted by molar-refractivity contribution is 14.0. The second kappa shape index (κ2) is 12.2. The monoisotopic (exact) mass is 491 g/mol. The van der Waals surface area contributed by atoms with Crippen LogP contribution in [0.15, 0.2) is 17.1 Å². The fourth-order valence-electron chi connectivity index (χ4n) is 3.58. The average Bonchev–Trinajstić information content (AvgIpc) is 2.66. The predicted octanol–water partition coefficient (Wildman–Crippen LogP) is 3.62. The summed E-state index contributed by atoms with van der Waals surface area (Å²) in [6.07, 6.45) is 5.81. The highest BCUT2D eigenvalue weighted by atomic mass is 127. The molecular formula is C20H34IN3O3. The lowest BCUT2D eigenvalue weighted by Gasteiger charge is -2.28. The van der Waals surface area contributed by atoms with Crippen LogP contribution in [0.2, 0.25) is 0 Å². The Bertz CT molecular complexity index is 585. The van der Waals surface area contributed by atoms with Gasteiger partial charge in [0.15, 0.2) is 5.96 Å². The maximum atomic E-state index is 5.51. The van der Waals surface area contributed by atoms with Gasteiger partial charge < -0.3 is 24.8 Å². The first-order valence-electron chi connectivity index (χ1n) is 9.37. The summed E-state index contributed by atoms with van der Waals surface area (Å²) in [4.78, 5) is 4.36. The molecule has 1 aromatic carbocycles. The van der Waals surface area contributed by atoms with E-state index in [-0.39, 0.29) is 24.0 Å². The van der Waals surface area contributed by atoms with Crippen molar-refractivity contribution in [3.63, 3.8) is 0 Å². The maximum absolute atomic E-state index is 5.51. The Balaban J connectivity index is 0.00000364. The van der Waals surface area contributed by atoms with E-state index in [0.717, 1.165) is 47.7 Å². The molecule has 27 heavy (non-hydrogen) atoms. The van der Waals surface area contributed by atoms with Crippen LogP contribution in [0.4, 0.5) is 0 Å². The summed E-state index contributed by atoms with van der Waals surface area (Å²) < 4.78 is 16.3. The minimum Gasteiger partial charge on any atom is -0.496 e. The lowest BCUT2D eigenvalue weighted by molar-refractivity contribution is 0.324. The molecule has 1 saturated carbocycles. The lowest BCUT2D eigenvalue weighted by Crippen LogP contribution is -2.45. The molecule has 1 aliphatic rings. The molecule has 154 valence electrons. The fraction of sp³-hybridized carbons (Fsp3) is 0.650. The number of benzene rings is 1. The summed E-state index contributed by atoms with van der Waals surface area (Å²) in [5.74, 6) is 3.90. The van der Waals surface area contributed by atoms with Crippen LogP contribution >= 0.6 is 24.0 Å². The second-order valence-electron chi connectivity index (χ2n) is 6.87. The molecule has 2 rings (SSSR count). The van der Waals surface area contributed by atoms with Gasteiger partial charge in [-0.3, -0.25) is 4.99 Å². The summed E-state index contributed by atoms with van der Waals surface area (Å²) >= 11 is 0. The molecule has 6 nitrogen and oxygen atoms in total. The zero-order valence-electron chi connectivity index (χ0n) is 17.1. The van der Waals surface area contributed by atoms with Gasteiger partial charge in [-0.25, -0.2) is 0 Å². The standard InChI is InChI=1S/C20H33N3O3.HI/c1-14-7-6-8-15(11-14)23-20(21-2)22-10-9-17-18(25-4)12-16(24-3)13-19(17)26-5;/h12-15H,6-11H2,1-5H3,(H2,21,22,23);1H. The van der Waals surface area contributed by atoms with E-state index in [2.05, 4.69) is 22.5 Å². The van der Waals surface area contributed by atoms with Gasteiger partial charge in [0.05, 0.1) is 21.3 Å². The van der Waals surface area contributed by atoms with Crippen LogP contribution in [0.5, 0.6) is 17.2 Å². The Hall–Kier alpha value is -1.38. The Morgan fingerprint density at radius 2 is 1.78 bits per heavy atom. The molecule has 0 amide bonds. The molecule has 2 N–H and O–H groups in total. The number of methoxy groups -OCH3 is 3. The SMILES string of the molecule is CN=C(NCCc1c(OC)cc(OC)cc1OC)NC1CCCC(C)C1.I. The third-order valence-corrected chi connectivity index (χ3v) is 4.99. The summed E-state index contributed by atoms with van der Waals surface area (Å²) in [6, 6.07) is 4.28. The van der Waals surface area contributed by atoms with Crippen molar-refractivity contribution in [1.29, 1.82) is 0 Å². The summed E-state index contributed by atoms with van der Waals surface area (Å²) in [5.41, 5.74) is 1.02. The van der Waals surface area contributed by atoms with E-state index in [9.17, 15) is 0 Å². The van der Waals surface area contributed by atoms with Gasteiger partial charge in [-0.2, -0.15) is 0 Å². The minimum atomic E-state index is 0. The third kappa shape index (κ3) is 6.93. The van der Waals surface area contributed by atoms with Crippen molar-refractivity contribution < 1.29 is 14.2 Å². The molecule has 2 unspecified atom stereocenters. The Labute approximate surface area is 180 Å². The number of halogens is 1. The number of hydrogen-bond acceptors (Lipinski definition) is 4. The molecule has 0 spiro atoms. The maximum Gasteiger partial charge on any atom is 0.191 e. The number of hydrogen-bond donors (Lipinski definition) is 2. The minimum absolute atomic E-state index is 0. The molecule has 1 aromatic rings. The van der Waals surface area contributed by atoms with Gasteiger partial charge in [0, 0.05) is 37.3 Å². The number of ether oxygens (including phenoxy) is 3. The van der Waals surface area contributed by atoms with Crippen molar-refractivity contribution in [3.05, 3.63) is 17.7 Å². The van der Waals surface area contributed by atoms with E-state index >= 15 is 0 Å². The van der Waals surface area contributed by atoms with E-state index in [0.29, 0.717) is 6.04 Å². The van der Waals surface area contributed by atoms with Gasteiger partial charge in [0.25, 0.3) is 0 Å². The normalized spacial score (nSPS) is 19.7. The van der Waals surface area contributed by atoms with E-state index in [1.807, 2.05) is 19.2 Å². The van der Waals surface area contributed by atoms with E-state index in [4.69, 9.17) is 14.2 Å². The zero-order valence-corrected chi connectivity index (χ0v) is 19.5. The molecule has 0 bridgehead atoms. The van der Waals surface area contributed by atoms with Gasteiger partial charge in [-0.15, -0.1) is 24.0 Å². The molecule has 0 heterocycles. The smallest absolute Gasteiger partial charge is 0.191 e. The Morgan fingerprint density at radius 1 is 1.11 bits per heavy atom. The fourth-order valence-corrected chi connectivity index (χ4v) is 3.58. The van der Waals surface area contributed by atoms with E-state index in [1.54, 1.807) is 21.3 Å². The highest BCUT2D eigenvalue weighted by Crippen LogP contribution is 2.34. The van der Waals surface area contributed by atoms with Crippen molar-refractivity contribution >= 4 is 29.9 Å².